The molecule has 2 nitrogen and oxygen atoms in total. The molecule has 1 aromatic rings. The largest absolute Gasteiger partial charge is 0.317 e. The van der Waals surface area contributed by atoms with E-state index < -0.39 is 0 Å². The zero-order valence-corrected chi connectivity index (χ0v) is 13.6. The molecule has 106 valence electrons. The number of likely N-dealkylation sites (tertiary alicyclic amines) is 1. The molecule has 19 heavy (non-hydrogen) atoms. The third-order valence-corrected chi connectivity index (χ3v) is 4.86. The van der Waals surface area contributed by atoms with Gasteiger partial charge in [-0.1, -0.05) is 47.5 Å². The van der Waals surface area contributed by atoms with E-state index in [9.17, 15) is 0 Å². The van der Waals surface area contributed by atoms with Crippen LogP contribution in [0.3, 0.4) is 0 Å². The lowest BCUT2D eigenvalue weighted by Gasteiger charge is -2.33. The first-order valence-electron chi connectivity index (χ1n) is 7.39. The second-order valence-corrected chi connectivity index (χ2v) is 6.36. The van der Waals surface area contributed by atoms with Gasteiger partial charge in [0.05, 0.1) is 0 Å². The Kier molecular flexibility index (Phi) is 5.86. The van der Waals surface area contributed by atoms with Crippen molar-refractivity contribution in [1.82, 2.24) is 10.2 Å². The van der Waals surface area contributed by atoms with Gasteiger partial charge in [-0.25, -0.2) is 0 Å². The molecule has 0 bridgehead atoms. The molecule has 2 unspecified atom stereocenters. The van der Waals surface area contributed by atoms with Gasteiger partial charge in [0.25, 0.3) is 0 Å². The Balaban J connectivity index is 2.26. The smallest absolute Gasteiger partial charge is 0.0396 e. The van der Waals surface area contributed by atoms with Crippen molar-refractivity contribution >= 4 is 15.9 Å². The molecule has 3 heteroatoms. The van der Waals surface area contributed by atoms with Gasteiger partial charge >= 0.3 is 0 Å². The summed E-state index contributed by atoms with van der Waals surface area (Å²) >= 11 is 3.73. The van der Waals surface area contributed by atoms with Crippen LogP contribution in [0.5, 0.6) is 0 Å². The number of benzene rings is 1. The topological polar surface area (TPSA) is 15.3 Å². The number of rotatable bonds is 4. The minimum absolute atomic E-state index is 0.525. The second-order valence-electron chi connectivity index (χ2n) is 5.51. The van der Waals surface area contributed by atoms with Crippen molar-refractivity contribution in [3.63, 3.8) is 0 Å². The second kappa shape index (κ2) is 7.41. The molecule has 1 fully saturated rings. The average molecular weight is 325 g/mol. The number of hydrogen-bond acceptors (Lipinski definition) is 2. The van der Waals surface area contributed by atoms with Crippen molar-refractivity contribution in [2.75, 3.05) is 26.7 Å². The van der Waals surface area contributed by atoms with E-state index in [1.165, 1.54) is 35.8 Å². The lowest BCUT2D eigenvalue weighted by Crippen LogP contribution is -2.35. The van der Waals surface area contributed by atoms with Crippen LogP contribution in [0.2, 0.25) is 0 Å². The summed E-state index contributed by atoms with van der Waals surface area (Å²) in [6.45, 7) is 5.57. The molecule has 2 atom stereocenters. The minimum Gasteiger partial charge on any atom is -0.317 e. The lowest BCUT2D eigenvalue weighted by atomic mass is 9.89. The van der Waals surface area contributed by atoms with Crippen molar-refractivity contribution in [3.05, 3.63) is 34.3 Å². The van der Waals surface area contributed by atoms with Gasteiger partial charge in [-0.15, -0.1) is 0 Å². The van der Waals surface area contributed by atoms with Gasteiger partial charge in [-0.3, -0.25) is 4.90 Å². The predicted molar refractivity (Wildman–Crippen MR) is 85.4 cm³/mol. The van der Waals surface area contributed by atoms with Gasteiger partial charge < -0.3 is 5.32 Å². The molecule has 1 aliphatic rings. The normalized spacial score (nSPS) is 25.2. The Morgan fingerprint density at radius 1 is 1.32 bits per heavy atom. The van der Waals surface area contributed by atoms with E-state index in [1.807, 2.05) is 0 Å². The number of halogens is 1. The zero-order valence-electron chi connectivity index (χ0n) is 12.0. The van der Waals surface area contributed by atoms with Gasteiger partial charge in [0.2, 0.25) is 0 Å². The van der Waals surface area contributed by atoms with E-state index >= 15 is 0 Å². The maximum Gasteiger partial charge on any atom is 0.0396 e. The highest BCUT2D eigenvalue weighted by Crippen LogP contribution is 2.37. The summed E-state index contributed by atoms with van der Waals surface area (Å²) in [5, 5.41) is 3.54. The number of nitrogens with one attached hydrogen (secondary N) is 1. The first-order valence-corrected chi connectivity index (χ1v) is 8.18. The van der Waals surface area contributed by atoms with Crippen LogP contribution in [0.4, 0.5) is 0 Å². The Hall–Kier alpha value is -0.380. The van der Waals surface area contributed by atoms with Crippen LogP contribution >= 0.6 is 15.9 Å². The summed E-state index contributed by atoms with van der Waals surface area (Å²) in [6.07, 6.45) is 3.99. The molecular weight excluding hydrogens is 300 g/mol. The van der Waals surface area contributed by atoms with Crippen molar-refractivity contribution in [1.29, 1.82) is 0 Å². The molecule has 0 radical (unpaired) electrons. The van der Waals surface area contributed by atoms with Gasteiger partial charge in [0, 0.05) is 10.5 Å². The van der Waals surface area contributed by atoms with E-state index in [0.717, 1.165) is 13.1 Å². The lowest BCUT2D eigenvalue weighted by molar-refractivity contribution is 0.189. The average Bonchev–Trinajstić information content (AvgIpc) is 2.59. The first kappa shape index (κ1) is 15.0. The van der Waals surface area contributed by atoms with E-state index in [0.29, 0.717) is 12.0 Å². The Bertz CT molecular complexity index is 394. The van der Waals surface area contributed by atoms with Crippen LogP contribution in [-0.2, 0) is 0 Å². The highest BCUT2D eigenvalue weighted by molar-refractivity contribution is 9.10. The van der Waals surface area contributed by atoms with E-state index in [1.54, 1.807) is 0 Å². The molecule has 0 aromatic heterocycles. The van der Waals surface area contributed by atoms with Crippen LogP contribution in [0, 0.1) is 5.92 Å². The van der Waals surface area contributed by atoms with Crippen molar-refractivity contribution in [3.8, 4) is 0 Å². The summed E-state index contributed by atoms with van der Waals surface area (Å²) in [5.74, 6) is 0.700. The molecule has 1 aliphatic heterocycles. The fourth-order valence-electron chi connectivity index (χ4n) is 3.17. The molecule has 0 amide bonds. The number of hydrogen-bond donors (Lipinski definition) is 1. The Morgan fingerprint density at radius 2 is 2.11 bits per heavy atom. The van der Waals surface area contributed by atoms with Gasteiger partial charge in [0.1, 0.15) is 0 Å². The monoisotopic (exact) mass is 324 g/mol. The highest BCUT2D eigenvalue weighted by Gasteiger charge is 2.29. The van der Waals surface area contributed by atoms with Crippen LogP contribution in [-0.4, -0.2) is 31.6 Å². The summed E-state index contributed by atoms with van der Waals surface area (Å²) < 4.78 is 1.25. The van der Waals surface area contributed by atoms with Crippen LogP contribution in [0.1, 0.15) is 37.8 Å². The quantitative estimate of drug-likeness (QED) is 0.905. The zero-order chi connectivity index (χ0) is 13.7. The molecule has 0 saturated carbocycles. The van der Waals surface area contributed by atoms with Gasteiger partial charge in [0.15, 0.2) is 0 Å². The maximum absolute atomic E-state index is 3.73. The molecule has 1 heterocycles. The van der Waals surface area contributed by atoms with E-state index in [2.05, 4.69) is 64.4 Å². The molecule has 1 aromatic carbocycles. The van der Waals surface area contributed by atoms with Crippen molar-refractivity contribution in [2.45, 2.75) is 32.2 Å². The molecule has 0 aliphatic carbocycles. The molecular formula is C16H25BrN2. The fraction of sp³-hybridized carbons (Fsp3) is 0.625. The fourth-order valence-corrected chi connectivity index (χ4v) is 3.69. The van der Waals surface area contributed by atoms with E-state index in [-0.39, 0.29) is 0 Å². The molecule has 1 saturated heterocycles. The van der Waals surface area contributed by atoms with Crippen molar-refractivity contribution in [2.24, 2.45) is 5.92 Å². The Morgan fingerprint density at radius 3 is 2.84 bits per heavy atom. The minimum atomic E-state index is 0.525. The SMILES string of the molecule is CCNCC1CCCCN(C)C1c1ccccc1Br. The third-order valence-electron chi connectivity index (χ3n) is 4.14. The standard InChI is InChI=1S/C16H25BrN2/c1-3-18-12-13-8-6-7-11-19(2)16(13)14-9-4-5-10-15(14)17/h4-5,9-10,13,16,18H,3,6-8,11-12H2,1-2H3. The highest BCUT2D eigenvalue weighted by atomic mass is 79.9. The van der Waals surface area contributed by atoms with Crippen LogP contribution in [0.25, 0.3) is 0 Å². The summed E-state index contributed by atoms with van der Waals surface area (Å²) in [6, 6.07) is 9.22. The summed E-state index contributed by atoms with van der Waals surface area (Å²) in [5.41, 5.74) is 1.44. The van der Waals surface area contributed by atoms with Gasteiger partial charge in [-0.2, -0.15) is 0 Å². The van der Waals surface area contributed by atoms with Crippen LogP contribution < -0.4 is 5.32 Å². The van der Waals surface area contributed by atoms with Crippen molar-refractivity contribution < 1.29 is 0 Å². The first-order chi connectivity index (χ1) is 9.24. The summed E-state index contributed by atoms with van der Waals surface area (Å²) in [7, 11) is 2.27. The summed E-state index contributed by atoms with van der Waals surface area (Å²) in [4.78, 5) is 2.54. The third kappa shape index (κ3) is 3.80. The maximum atomic E-state index is 3.73. The van der Waals surface area contributed by atoms with Crippen LogP contribution in [0.15, 0.2) is 28.7 Å². The predicted octanol–water partition coefficient (Wildman–Crippen LogP) is 3.83. The molecule has 0 spiro atoms. The van der Waals surface area contributed by atoms with E-state index in [4.69, 9.17) is 0 Å². The molecule has 2 rings (SSSR count). The number of nitrogens with zero attached hydrogens (tertiary/aromatic N) is 1. The Labute approximate surface area is 125 Å². The molecule has 1 N–H and O–H groups in total. The van der Waals surface area contributed by atoms with Gasteiger partial charge in [-0.05, 0) is 57.1 Å².